The molecule has 1 heterocycles. The first-order valence-corrected chi connectivity index (χ1v) is 7.60. The molecule has 5 nitrogen and oxygen atoms in total. The maximum absolute atomic E-state index is 12.7. The van der Waals surface area contributed by atoms with Crippen molar-refractivity contribution in [2.24, 2.45) is 5.92 Å². The van der Waals surface area contributed by atoms with Gasteiger partial charge in [-0.2, -0.15) is 0 Å². The predicted molar refractivity (Wildman–Crippen MR) is 83.2 cm³/mol. The summed E-state index contributed by atoms with van der Waals surface area (Å²) in [5.41, 5.74) is 2.77. The number of nitrogens with zero attached hydrogens (tertiary/aromatic N) is 1. The molecular weight excluding hydrogens is 282 g/mol. The Hall–Kier alpha value is -1.72. The molecule has 1 aromatic rings. The van der Waals surface area contributed by atoms with Crippen molar-refractivity contribution in [1.29, 1.82) is 0 Å². The number of carboxylic acids is 1. The molecule has 2 rings (SSSR count). The molecule has 0 saturated carbocycles. The Labute approximate surface area is 130 Å². The number of carbonyl (C=O) groups excluding carboxylic acids is 1. The first-order valence-electron chi connectivity index (χ1n) is 7.60. The van der Waals surface area contributed by atoms with E-state index in [1.54, 1.807) is 6.07 Å². The summed E-state index contributed by atoms with van der Waals surface area (Å²) in [6.07, 6.45) is -0.136. The first kappa shape index (κ1) is 16.6. The van der Waals surface area contributed by atoms with Gasteiger partial charge in [-0.1, -0.05) is 12.1 Å². The number of hydrogen-bond donors (Lipinski definition) is 1. The summed E-state index contributed by atoms with van der Waals surface area (Å²) in [5.74, 6) is -1.54. The summed E-state index contributed by atoms with van der Waals surface area (Å²) in [7, 11) is 0. The fourth-order valence-corrected chi connectivity index (χ4v) is 2.68. The SMILES string of the molecule is Cc1ccc(C(=O)C(CC(=O)O)CN2CCOCC2)cc1C. The molecule has 120 valence electrons. The average molecular weight is 305 g/mol. The third-order valence-electron chi connectivity index (χ3n) is 4.17. The monoisotopic (exact) mass is 305 g/mol. The zero-order chi connectivity index (χ0) is 16.1. The van der Waals surface area contributed by atoms with E-state index >= 15 is 0 Å². The van der Waals surface area contributed by atoms with Gasteiger partial charge in [0.05, 0.1) is 19.6 Å². The van der Waals surface area contributed by atoms with E-state index in [0.29, 0.717) is 25.3 Å². The number of carbonyl (C=O) groups is 2. The second-order valence-electron chi connectivity index (χ2n) is 5.87. The maximum Gasteiger partial charge on any atom is 0.304 e. The van der Waals surface area contributed by atoms with Gasteiger partial charge < -0.3 is 9.84 Å². The lowest BCUT2D eigenvalue weighted by Gasteiger charge is -2.29. The number of carboxylic acid groups (broad SMARTS) is 1. The van der Waals surface area contributed by atoms with Crippen LogP contribution in [0.5, 0.6) is 0 Å². The second kappa shape index (κ2) is 7.51. The number of morpholine rings is 1. The van der Waals surface area contributed by atoms with Crippen LogP contribution >= 0.6 is 0 Å². The Bertz CT molecular complexity index is 550. The average Bonchev–Trinajstić information content (AvgIpc) is 2.49. The summed E-state index contributed by atoms with van der Waals surface area (Å²) in [6.45, 7) is 7.19. The molecule has 0 amide bonds. The van der Waals surface area contributed by atoms with Crippen molar-refractivity contribution in [3.8, 4) is 0 Å². The summed E-state index contributed by atoms with van der Waals surface area (Å²) >= 11 is 0. The molecule has 0 aromatic heterocycles. The summed E-state index contributed by atoms with van der Waals surface area (Å²) in [6, 6.07) is 5.56. The summed E-state index contributed by atoms with van der Waals surface area (Å²) in [5, 5.41) is 9.11. The zero-order valence-electron chi connectivity index (χ0n) is 13.2. The van der Waals surface area contributed by atoms with E-state index in [0.717, 1.165) is 24.2 Å². The lowest BCUT2D eigenvalue weighted by atomic mass is 9.92. The number of aliphatic carboxylic acids is 1. The highest BCUT2D eigenvalue weighted by atomic mass is 16.5. The molecule has 0 spiro atoms. The number of benzene rings is 1. The molecule has 1 aliphatic rings. The molecule has 1 atom stereocenters. The van der Waals surface area contributed by atoms with Crippen LogP contribution < -0.4 is 0 Å². The van der Waals surface area contributed by atoms with Gasteiger partial charge >= 0.3 is 5.97 Å². The summed E-state index contributed by atoms with van der Waals surface area (Å²) < 4.78 is 5.29. The van der Waals surface area contributed by atoms with Gasteiger partial charge in [-0.3, -0.25) is 14.5 Å². The van der Waals surface area contributed by atoms with E-state index in [1.165, 1.54) is 0 Å². The molecule has 0 radical (unpaired) electrons. The van der Waals surface area contributed by atoms with E-state index in [4.69, 9.17) is 9.84 Å². The third-order valence-corrected chi connectivity index (χ3v) is 4.17. The van der Waals surface area contributed by atoms with Gasteiger partial charge in [-0.05, 0) is 31.0 Å². The first-order chi connectivity index (χ1) is 10.5. The Kier molecular flexibility index (Phi) is 5.69. The Morgan fingerprint density at radius 2 is 1.91 bits per heavy atom. The lowest BCUT2D eigenvalue weighted by molar-refractivity contribution is -0.138. The highest BCUT2D eigenvalue weighted by Crippen LogP contribution is 2.18. The molecule has 1 unspecified atom stereocenters. The molecule has 0 bridgehead atoms. The molecule has 1 fully saturated rings. The van der Waals surface area contributed by atoms with E-state index < -0.39 is 11.9 Å². The predicted octanol–water partition coefficient (Wildman–Crippen LogP) is 1.91. The topological polar surface area (TPSA) is 66.8 Å². The molecule has 0 aliphatic carbocycles. The van der Waals surface area contributed by atoms with E-state index in [-0.39, 0.29) is 12.2 Å². The van der Waals surface area contributed by atoms with Gasteiger partial charge in [0.15, 0.2) is 5.78 Å². The lowest BCUT2D eigenvalue weighted by Crippen LogP contribution is -2.41. The van der Waals surface area contributed by atoms with Gasteiger partial charge in [-0.15, -0.1) is 0 Å². The highest BCUT2D eigenvalue weighted by molar-refractivity contribution is 5.99. The maximum atomic E-state index is 12.7. The van der Waals surface area contributed by atoms with Crippen LogP contribution in [0.3, 0.4) is 0 Å². The highest BCUT2D eigenvalue weighted by Gasteiger charge is 2.26. The van der Waals surface area contributed by atoms with Crippen LogP contribution in [0.25, 0.3) is 0 Å². The molecule has 1 N–H and O–H groups in total. The van der Waals surface area contributed by atoms with Crippen LogP contribution in [0, 0.1) is 19.8 Å². The van der Waals surface area contributed by atoms with E-state index in [1.807, 2.05) is 26.0 Å². The van der Waals surface area contributed by atoms with Crippen molar-refractivity contribution in [3.05, 3.63) is 34.9 Å². The van der Waals surface area contributed by atoms with Gasteiger partial charge in [0.25, 0.3) is 0 Å². The van der Waals surface area contributed by atoms with Gasteiger partial charge in [-0.25, -0.2) is 0 Å². The van der Waals surface area contributed by atoms with Crippen molar-refractivity contribution in [2.75, 3.05) is 32.8 Å². The van der Waals surface area contributed by atoms with E-state index in [2.05, 4.69) is 4.90 Å². The minimum atomic E-state index is -0.935. The van der Waals surface area contributed by atoms with Crippen molar-refractivity contribution in [2.45, 2.75) is 20.3 Å². The zero-order valence-corrected chi connectivity index (χ0v) is 13.2. The quantitative estimate of drug-likeness (QED) is 0.813. The van der Waals surface area contributed by atoms with Crippen molar-refractivity contribution < 1.29 is 19.4 Å². The number of Topliss-reactive ketones (excluding diaryl/α,β-unsaturated/α-hetero) is 1. The fraction of sp³-hybridized carbons (Fsp3) is 0.529. The number of aryl methyl sites for hydroxylation is 2. The smallest absolute Gasteiger partial charge is 0.304 e. The fourth-order valence-electron chi connectivity index (χ4n) is 2.68. The van der Waals surface area contributed by atoms with Crippen LogP contribution in [0.15, 0.2) is 18.2 Å². The van der Waals surface area contributed by atoms with Crippen LogP contribution in [0.2, 0.25) is 0 Å². The van der Waals surface area contributed by atoms with Crippen LogP contribution in [0.1, 0.15) is 27.9 Å². The number of ketones is 1. The molecule has 1 aliphatic heterocycles. The Morgan fingerprint density at radius 1 is 1.23 bits per heavy atom. The standard InChI is InChI=1S/C17H23NO4/c1-12-3-4-14(9-13(12)2)17(21)15(10-16(19)20)11-18-5-7-22-8-6-18/h3-4,9,15H,5-8,10-11H2,1-2H3,(H,19,20). The molecule has 22 heavy (non-hydrogen) atoms. The number of rotatable bonds is 6. The number of hydrogen-bond acceptors (Lipinski definition) is 4. The minimum Gasteiger partial charge on any atom is -0.481 e. The minimum absolute atomic E-state index is 0.0861. The Balaban J connectivity index is 2.13. The van der Waals surface area contributed by atoms with Crippen LogP contribution in [-0.2, 0) is 9.53 Å². The number of ether oxygens (including phenoxy) is 1. The van der Waals surface area contributed by atoms with Gasteiger partial charge in [0.1, 0.15) is 0 Å². The van der Waals surface area contributed by atoms with Crippen molar-refractivity contribution in [1.82, 2.24) is 4.90 Å². The molecule has 5 heteroatoms. The molecule has 1 saturated heterocycles. The van der Waals surface area contributed by atoms with E-state index in [9.17, 15) is 9.59 Å². The second-order valence-corrected chi connectivity index (χ2v) is 5.87. The van der Waals surface area contributed by atoms with Gasteiger partial charge in [0.2, 0.25) is 0 Å². The van der Waals surface area contributed by atoms with Crippen molar-refractivity contribution in [3.63, 3.8) is 0 Å². The third kappa shape index (κ3) is 4.39. The van der Waals surface area contributed by atoms with Crippen LogP contribution in [-0.4, -0.2) is 54.6 Å². The largest absolute Gasteiger partial charge is 0.481 e. The van der Waals surface area contributed by atoms with Gasteiger partial charge in [0, 0.05) is 31.1 Å². The van der Waals surface area contributed by atoms with Crippen LogP contribution in [0.4, 0.5) is 0 Å². The molecular formula is C17H23NO4. The van der Waals surface area contributed by atoms with Crippen molar-refractivity contribution >= 4 is 11.8 Å². The normalized spacial score (nSPS) is 17.2. The molecule has 1 aromatic carbocycles. The summed E-state index contributed by atoms with van der Waals surface area (Å²) in [4.78, 5) is 25.9. The Morgan fingerprint density at radius 3 is 2.50 bits per heavy atom.